The molecule has 7 heteroatoms. The van der Waals surface area contributed by atoms with E-state index in [1.165, 1.54) is 21.9 Å². The lowest BCUT2D eigenvalue weighted by Crippen LogP contribution is -2.52. The van der Waals surface area contributed by atoms with E-state index in [4.69, 9.17) is 4.74 Å². The maximum atomic E-state index is 13.2. The molecule has 0 saturated carbocycles. The third kappa shape index (κ3) is 3.63. The summed E-state index contributed by atoms with van der Waals surface area (Å²) in [6.07, 6.45) is 2.65. The van der Waals surface area contributed by atoms with Gasteiger partial charge in [-0.2, -0.15) is 0 Å². The van der Waals surface area contributed by atoms with Crippen molar-refractivity contribution >= 4 is 28.5 Å². The van der Waals surface area contributed by atoms with Gasteiger partial charge in [0, 0.05) is 36.1 Å². The van der Waals surface area contributed by atoms with Crippen molar-refractivity contribution in [2.45, 2.75) is 50.2 Å². The smallest absolute Gasteiger partial charge is 0.255 e. The molecule has 3 aromatic carbocycles. The molecule has 3 aromatic rings. The monoisotopic (exact) mass is 495 g/mol. The molecule has 1 spiro atoms. The molecule has 37 heavy (non-hydrogen) atoms. The summed E-state index contributed by atoms with van der Waals surface area (Å²) < 4.78 is 6.18. The van der Waals surface area contributed by atoms with Crippen LogP contribution in [0.2, 0.25) is 0 Å². The van der Waals surface area contributed by atoms with Gasteiger partial charge in [-0.3, -0.25) is 24.6 Å². The van der Waals surface area contributed by atoms with Crippen LogP contribution in [0.1, 0.15) is 52.7 Å². The van der Waals surface area contributed by atoms with Crippen LogP contribution < -0.4 is 10.1 Å². The number of carbonyl (C=O) groups excluding carboxylic acids is 3. The van der Waals surface area contributed by atoms with E-state index in [0.717, 1.165) is 43.8 Å². The largest absolute Gasteiger partial charge is 0.492 e. The van der Waals surface area contributed by atoms with Crippen LogP contribution in [-0.4, -0.2) is 53.3 Å². The number of hydrogen-bond acceptors (Lipinski definition) is 5. The minimum atomic E-state index is -0.598. The highest BCUT2D eigenvalue weighted by molar-refractivity contribution is 6.05. The first kappa shape index (κ1) is 22.5. The summed E-state index contributed by atoms with van der Waals surface area (Å²) in [5.41, 5.74) is 4.10. The fraction of sp³-hybridized carbons (Fsp3) is 0.367. The zero-order valence-electron chi connectivity index (χ0n) is 20.7. The van der Waals surface area contributed by atoms with Crippen molar-refractivity contribution in [3.8, 4) is 5.75 Å². The Morgan fingerprint density at radius 3 is 2.65 bits per heavy atom. The fourth-order valence-corrected chi connectivity index (χ4v) is 6.65. The molecule has 0 radical (unpaired) electrons. The minimum Gasteiger partial charge on any atom is -0.492 e. The van der Waals surface area contributed by atoms with Gasteiger partial charge >= 0.3 is 0 Å². The van der Waals surface area contributed by atoms with Crippen LogP contribution in [0.5, 0.6) is 5.75 Å². The lowest BCUT2D eigenvalue weighted by molar-refractivity contribution is -0.136. The van der Waals surface area contributed by atoms with Crippen molar-refractivity contribution in [1.29, 1.82) is 0 Å². The zero-order valence-corrected chi connectivity index (χ0v) is 20.7. The Hall–Kier alpha value is -3.71. The number of benzene rings is 3. The molecule has 4 aliphatic rings. The van der Waals surface area contributed by atoms with Crippen LogP contribution in [0.3, 0.4) is 0 Å². The number of rotatable bonds is 3. The molecular formula is C30H29N3O4. The number of amides is 3. The van der Waals surface area contributed by atoms with E-state index in [2.05, 4.69) is 58.7 Å². The molecule has 7 rings (SSSR count). The first-order valence-electron chi connectivity index (χ1n) is 13.1. The van der Waals surface area contributed by atoms with Crippen molar-refractivity contribution in [2.75, 3.05) is 19.7 Å². The quantitative estimate of drug-likeness (QED) is 0.563. The molecule has 3 amide bonds. The molecular weight excluding hydrogens is 466 g/mol. The molecule has 4 heterocycles. The van der Waals surface area contributed by atoms with Crippen LogP contribution >= 0.6 is 0 Å². The normalized spacial score (nSPS) is 22.8. The summed E-state index contributed by atoms with van der Waals surface area (Å²) in [5.74, 6) is 0.00392. The Kier molecular flexibility index (Phi) is 5.11. The van der Waals surface area contributed by atoms with Crippen LogP contribution in [-0.2, 0) is 28.1 Å². The third-order valence-electron chi connectivity index (χ3n) is 8.79. The van der Waals surface area contributed by atoms with Gasteiger partial charge in [0.1, 0.15) is 11.8 Å². The Labute approximate surface area is 215 Å². The van der Waals surface area contributed by atoms with Crippen LogP contribution in [0.15, 0.2) is 54.6 Å². The van der Waals surface area contributed by atoms with E-state index in [1.54, 1.807) is 4.90 Å². The Morgan fingerprint density at radius 2 is 1.81 bits per heavy atom. The summed E-state index contributed by atoms with van der Waals surface area (Å²) >= 11 is 0. The molecule has 4 aliphatic heterocycles. The van der Waals surface area contributed by atoms with Crippen molar-refractivity contribution in [3.05, 3.63) is 76.9 Å². The van der Waals surface area contributed by atoms with Gasteiger partial charge in [-0.15, -0.1) is 0 Å². The molecule has 1 N–H and O–H groups in total. The van der Waals surface area contributed by atoms with Gasteiger partial charge in [-0.25, -0.2) is 0 Å². The van der Waals surface area contributed by atoms with E-state index in [1.807, 2.05) is 6.07 Å². The van der Waals surface area contributed by atoms with Crippen LogP contribution in [0.4, 0.5) is 0 Å². The first-order valence-corrected chi connectivity index (χ1v) is 13.1. The number of likely N-dealkylation sites (tertiary alicyclic amines) is 1. The molecule has 7 nitrogen and oxygen atoms in total. The first-order chi connectivity index (χ1) is 18.0. The van der Waals surface area contributed by atoms with E-state index in [0.29, 0.717) is 25.1 Å². The Balaban J connectivity index is 1.09. The fourth-order valence-electron chi connectivity index (χ4n) is 6.65. The highest BCUT2D eigenvalue weighted by Gasteiger charge is 2.46. The van der Waals surface area contributed by atoms with Gasteiger partial charge in [0.15, 0.2) is 0 Å². The maximum Gasteiger partial charge on any atom is 0.255 e. The average molecular weight is 496 g/mol. The van der Waals surface area contributed by atoms with Crippen LogP contribution in [0, 0.1) is 0 Å². The number of piperidine rings is 2. The third-order valence-corrected chi connectivity index (χ3v) is 8.79. The van der Waals surface area contributed by atoms with Crippen molar-refractivity contribution in [1.82, 2.24) is 15.1 Å². The molecule has 1 unspecified atom stereocenters. The average Bonchev–Trinajstić information content (AvgIpc) is 3.41. The lowest BCUT2D eigenvalue weighted by Gasteiger charge is -2.38. The van der Waals surface area contributed by atoms with Crippen LogP contribution in [0.25, 0.3) is 10.8 Å². The van der Waals surface area contributed by atoms with Crippen molar-refractivity contribution in [3.63, 3.8) is 0 Å². The number of imide groups is 1. The number of hydrogen-bond donors (Lipinski definition) is 1. The number of nitrogens with zero attached hydrogens (tertiary/aromatic N) is 2. The summed E-state index contributed by atoms with van der Waals surface area (Å²) in [4.78, 5) is 41.3. The second-order valence-corrected chi connectivity index (χ2v) is 10.9. The second kappa shape index (κ2) is 8.42. The molecule has 0 aliphatic carbocycles. The highest BCUT2D eigenvalue weighted by Crippen LogP contribution is 2.48. The number of fused-ring (bicyclic) bond motifs is 4. The SMILES string of the molecule is O=C1CCC(N2Cc3cc4c(cc3C2=O)OCC42CCN(Cc3cccc4ccccc34)CC2)C(=O)N1. The number of nitrogens with one attached hydrogen (secondary N) is 1. The molecule has 0 bridgehead atoms. The highest BCUT2D eigenvalue weighted by atomic mass is 16.5. The molecule has 188 valence electrons. The molecule has 1 atom stereocenters. The van der Waals surface area contributed by atoms with Gasteiger partial charge < -0.3 is 9.64 Å². The standard InChI is InChI=1S/C30H29N3O4/c34-27-9-8-25(28(35)31-27)33-17-21-14-24-26(15-23(21)29(33)36)37-18-30(24)10-12-32(13-11-30)16-20-6-3-5-19-4-1-2-7-22(19)20/h1-7,14-15,25H,8-13,16-18H2,(H,31,34,35). The van der Waals surface area contributed by atoms with Gasteiger partial charge in [0.05, 0.1) is 6.61 Å². The summed E-state index contributed by atoms with van der Waals surface area (Å²) in [6.45, 7) is 3.97. The van der Waals surface area contributed by atoms with E-state index < -0.39 is 6.04 Å². The van der Waals surface area contributed by atoms with E-state index >= 15 is 0 Å². The Bertz CT molecular complexity index is 1450. The Morgan fingerprint density at radius 1 is 1.00 bits per heavy atom. The van der Waals surface area contributed by atoms with E-state index in [-0.39, 0.29) is 29.6 Å². The maximum absolute atomic E-state index is 13.2. The summed E-state index contributed by atoms with van der Waals surface area (Å²) in [5, 5.41) is 4.97. The number of ether oxygens (including phenoxy) is 1. The minimum absolute atomic E-state index is 0.0370. The van der Waals surface area contributed by atoms with Crippen molar-refractivity contribution in [2.24, 2.45) is 0 Å². The van der Waals surface area contributed by atoms with Gasteiger partial charge in [-0.05, 0) is 66.4 Å². The molecule has 2 fully saturated rings. The summed E-state index contributed by atoms with van der Waals surface area (Å²) in [7, 11) is 0. The van der Waals surface area contributed by atoms with Gasteiger partial charge in [0.25, 0.3) is 5.91 Å². The van der Waals surface area contributed by atoms with Crippen molar-refractivity contribution < 1.29 is 19.1 Å². The predicted octanol–water partition coefficient (Wildman–Crippen LogP) is 3.53. The molecule has 0 aromatic heterocycles. The van der Waals surface area contributed by atoms with Gasteiger partial charge in [-0.1, -0.05) is 42.5 Å². The summed E-state index contributed by atoms with van der Waals surface area (Å²) in [6, 6.07) is 18.5. The van der Waals surface area contributed by atoms with Gasteiger partial charge in [0.2, 0.25) is 11.8 Å². The predicted molar refractivity (Wildman–Crippen MR) is 138 cm³/mol. The topological polar surface area (TPSA) is 79.0 Å². The number of carbonyl (C=O) groups is 3. The molecule has 2 saturated heterocycles. The lowest BCUT2D eigenvalue weighted by atomic mass is 9.73. The zero-order chi connectivity index (χ0) is 25.1. The second-order valence-electron chi connectivity index (χ2n) is 10.9. The van der Waals surface area contributed by atoms with E-state index in [9.17, 15) is 14.4 Å².